The summed E-state index contributed by atoms with van der Waals surface area (Å²) >= 11 is 0. The maximum Gasteiger partial charge on any atom is 0.354 e. The van der Waals surface area contributed by atoms with Gasteiger partial charge >= 0.3 is 5.97 Å². The topological polar surface area (TPSA) is 102 Å². The van der Waals surface area contributed by atoms with Gasteiger partial charge in [-0.15, -0.1) is 0 Å². The minimum absolute atomic E-state index is 0.0679. The van der Waals surface area contributed by atoms with Crippen molar-refractivity contribution in [2.45, 2.75) is 0 Å². The van der Waals surface area contributed by atoms with Crippen molar-refractivity contribution in [3.63, 3.8) is 0 Å². The first-order chi connectivity index (χ1) is 8.08. The largest absolute Gasteiger partial charge is 0.477 e. The van der Waals surface area contributed by atoms with E-state index >= 15 is 0 Å². The van der Waals surface area contributed by atoms with Crippen LogP contribution < -0.4 is 11.5 Å². The molecule has 0 fully saturated rings. The number of benzene rings is 1. The quantitative estimate of drug-likeness (QED) is 0.679. The fourth-order valence-electron chi connectivity index (χ4n) is 1.50. The van der Waals surface area contributed by atoms with Crippen LogP contribution in [0, 0.1) is 0 Å². The predicted octanol–water partition coefficient (Wildman–Crippen LogP) is 1.61. The second-order valence-corrected chi connectivity index (χ2v) is 3.56. The third-order valence-corrected chi connectivity index (χ3v) is 2.37. The fraction of sp³-hybridized carbons (Fsp3) is 0. The number of nitrogens with two attached hydrogens (primary N) is 2. The summed E-state index contributed by atoms with van der Waals surface area (Å²) in [6.45, 7) is 0. The highest BCUT2D eigenvalue weighted by Gasteiger charge is 2.09. The Morgan fingerprint density at radius 1 is 1.06 bits per heavy atom. The van der Waals surface area contributed by atoms with Crippen LogP contribution in [0.1, 0.15) is 10.5 Å². The number of aromatic nitrogens is 1. The van der Waals surface area contributed by atoms with E-state index in [0.717, 1.165) is 5.56 Å². The summed E-state index contributed by atoms with van der Waals surface area (Å²) in [7, 11) is 0. The number of pyridine rings is 1. The van der Waals surface area contributed by atoms with Gasteiger partial charge in [0.15, 0.2) is 5.69 Å². The van der Waals surface area contributed by atoms with Crippen molar-refractivity contribution in [1.29, 1.82) is 0 Å². The van der Waals surface area contributed by atoms with Crippen molar-refractivity contribution in [3.05, 3.63) is 42.1 Å². The molecule has 0 unspecified atom stereocenters. The van der Waals surface area contributed by atoms with Gasteiger partial charge in [0.25, 0.3) is 0 Å². The lowest BCUT2D eigenvalue weighted by Gasteiger charge is -2.06. The molecule has 5 nitrogen and oxygen atoms in total. The number of aromatic carboxylic acids is 1. The van der Waals surface area contributed by atoms with Crippen molar-refractivity contribution in [2.75, 3.05) is 11.5 Å². The minimum atomic E-state index is -1.10. The van der Waals surface area contributed by atoms with Crippen LogP contribution in [-0.4, -0.2) is 16.1 Å². The highest BCUT2D eigenvalue weighted by atomic mass is 16.4. The van der Waals surface area contributed by atoms with Crippen LogP contribution >= 0.6 is 0 Å². The number of anilines is 2. The summed E-state index contributed by atoms with van der Waals surface area (Å²) in [4.78, 5) is 14.5. The van der Waals surface area contributed by atoms with Crippen LogP contribution in [0.3, 0.4) is 0 Å². The molecule has 0 aliphatic heterocycles. The lowest BCUT2D eigenvalue weighted by Crippen LogP contribution is -2.04. The van der Waals surface area contributed by atoms with Gasteiger partial charge in [-0.05, 0) is 29.8 Å². The summed E-state index contributed by atoms with van der Waals surface area (Å²) in [6, 6.07) is 10.2. The molecule has 5 heteroatoms. The van der Waals surface area contributed by atoms with E-state index in [2.05, 4.69) is 4.98 Å². The first-order valence-electron chi connectivity index (χ1n) is 4.93. The van der Waals surface area contributed by atoms with Crippen molar-refractivity contribution in [1.82, 2.24) is 4.98 Å². The van der Waals surface area contributed by atoms with Gasteiger partial charge in [-0.3, -0.25) is 0 Å². The molecule has 0 atom stereocenters. The minimum Gasteiger partial charge on any atom is -0.477 e. The average molecular weight is 229 g/mol. The van der Waals surface area contributed by atoms with Gasteiger partial charge in [0, 0.05) is 11.3 Å². The fourth-order valence-corrected chi connectivity index (χ4v) is 1.50. The molecule has 86 valence electrons. The van der Waals surface area contributed by atoms with Crippen LogP contribution in [-0.2, 0) is 0 Å². The molecule has 0 saturated heterocycles. The molecular weight excluding hydrogens is 218 g/mol. The Labute approximate surface area is 97.7 Å². The molecule has 0 spiro atoms. The zero-order valence-corrected chi connectivity index (χ0v) is 8.92. The van der Waals surface area contributed by atoms with Crippen LogP contribution in [0.4, 0.5) is 11.5 Å². The standard InChI is InChI=1S/C12H11N3O2/c13-8-3-1-7(2-4-8)9-5-6-10(12(16)17)15-11(9)14/h1-6H,13H2,(H2,14,15)(H,16,17). The van der Waals surface area contributed by atoms with Gasteiger partial charge in [-0.1, -0.05) is 12.1 Å². The van der Waals surface area contributed by atoms with Crippen molar-refractivity contribution in [2.24, 2.45) is 0 Å². The molecule has 1 aromatic carbocycles. The van der Waals surface area contributed by atoms with Gasteiger partial charge in [-0.2, -0.15) is 0 Å². The highest BCUT2D eigenvalue weighted by Crippen LogP contribution is 2.25. The van der Waals surface area contributed by atoms with E-state index in [1.165, 1.54) is 6.07 Å². The van der Waals surface area contributed by atoms with Crippen molar-refractivity contribution < 1.29 is 9.90 Å². The third kappa shape index (κ3) is 2.17. The van der Waals surface area contributed by atoms with Crippen LogP contribution in [0.15, 0.2) is 36.4 Å². The van der Waals surface area contributed by atoms with Gasteiger partial charge in [0.1, 0.15) is 5.82 Å². The zero-order chi connectivity index (χ0) is 12.4. The van der Waals surface area contributed by atoms with Crippen molar-refractivity contribution in [3.8, 4) is 11.1 Å². The van der Waals surface area contributed by atoms with Crippen molar-refractivity contribution >= 4 is 17.5 Å². The van der Waals surface area contributed by atoms with Gasteiger partial charge in [0.05, 0.1) is 0 Å². The van der Waals surface area contributed by atoms with E-state index in [1.807, 2.05) is 12.1 Å². The molecule has 0 saturated carbocycles. The summed E-state index contributed by atoms with van der Waals surface area (Å²) < 4.78 is 0. The summed E-state index contributed by atoms with van der Waals surface area (Å²) in [5.74, 6) is -0.907. The first kappa shape index (κ1) is 10.9. The molecule has 2 aromatic rings. The number of hydrogen-bond acceptors (Lipinski definition) is 4. The maximum atomic E-state index is 10.7. The van der Waals surface area contributed by atoms with Crippen LogP contribution in [0.5, 0.6) is 0 Å². The van der Waals surface area contributed by atoms with E-state index in [0.29, 0.717) is 11.3 Å². The number of nitrogen functional groups attached to an aromatic ring is 2. The number of nitrogens with zero attached hydrogens (tertiary/aromatic N) is 1. The van der Waals surface area contributed by atoms with Crippen LogP contribution in [0.25, 0.3) is 11.1 Å². The Morgan fingerprint density at radius 2 is 1.71 bits per heavy atom. The first-order valence-corrected chi connectivity index (χ1v) is 4.93. The highest BCUT2D eigenvalue weighted by molar-refractivity contribution is 5.87. The molecule has 0 bridgehead atoms. The van der Waals surface area contributed by atoms with E-state index in [-0.39, 0.29) is 11.5 Å². The van der Waals surface area contributed by atoms with Gasteiger partial charge < -0.3 is 16.6 Å². The number of rotatable bonds is 2. The average Bonchev–Trinajstić information content (AvgIpc) is 2.30. The number of carboxylic acid groups (broad SMARTS) is 1. The molecule has 1 aromatic heterocycles. The molecule has 5 N–H and O–H groups in total. The Hall–Kier alpha value is -2.56. The Morgan fingerprint density at radius 3 is 2.24 bits per heavy atom. The molecule has 0 amide bonds. The maximum absolute atomic E-state index is 10.7. The molecule has 1 heterocycles. The van der Waals surface area contributed by atoms with E-state index in [1.54, 1.807) is 18.2 Å². The summed E-state index contributed by atoms with van der Waals surface area (Å²) in [5.41, 5.74) is 13.4. The van der Waals surface area contributed by atoms with Gasteiger partial charge in [-0.25, -0.2) is 9.78 Å². The monoisotopic (exact) mass is 229 g/mol. The van der Waals surface area contributed by atoms with E-state index in [4.69, 9.17) is 16.6 Å². The predicted molar refractivity (Wildman–Crippen MR) is 65.5 cm³/mol. The number of hydrogen-bond donors (Lipinski definition) is 3. The Bertz CT molecular complexity index is 564. The van der Waals surface area contributed by atoms with Crippen LogP contribution in [0.2, 0.25) is 0 Å². The molecular formula is C12H11N3O2. The molecule has 2 rings (SSSR count). The summed E-state index contributed by atoms with van der Waals surface area (Å²) in [5, 5.41) is 8.77. The smallest absolute Gasteiger partial charge is 0.354 e. The molecule has 0 aliphatic rings. The Kier molecular flexibility index (Phi) is 2.66. The second kappa shape index (κ2) is 4.13. The third-order valence-electron chi connectivity index (χ3n) is 2.37. The summed E-state index contributed by atoms with van der Waals surface area (Å²) in [6.07, 6.45) is 0. The second-order valence-electron chi connectivity index (χ2n) is 3.56. The number of carbonyl (C=O) groups is 1. The lowest BCUT2D eigenvalue weighted by molar-refractivity contribution is 0.0690. The Balaban J connectivity index is 2.46. The normalized spacial score (nSPS) is 10.1. The zero-order valence-electron chi connectivity index (χ0n) is 8.92. The number of carboxylic acids is 1. The molecule has 0 aliphatic carbocycles. The SMILES string of the molecule is Nc1ccc(-c2ccc(C(=O)O)nc2N)cc1. The van der Waals surface area contributed by atoms with E-state index in [9.17, 15) is 4.79 Å². The lowest BCUT2D eigenvalue weighted by atomic mass is 10.1. The van der Waals surface area contributed by atoms with Gasteiger partial charge in [0.2, 0.25) is 0 Å². The molecule has 0 radical (unpaired) electrons. The van der Waals surface area contributed by atoms with E-state index < -0.39 is 5.97 Å². The molecule has 17 heavy (non-hydrogen) atoms.